The Morgan fingerprint density at radius 1 is 1.16 bits per heavy atom. The van der Waals surface area contributed by atoms with Crippen LogP contribution >= 0.6 is 11.8 Å². The minimum Gasteiger partial charge on any atom is -0.355 e. The molecule has 2 heterocycles. The molecular weight excluding hydrogens is 330 g/mol. The van der Waals surface area contributed by atoms with Crippen LogP contribution in [0.3, 0.4) is 0 Å². The third-order valence-electron chi connectivity index (χ3n) is 4.75. The smallest absolute Gasteiger partial charge is 0.226 e. The number of thioether (sulfide) groups is 1. The van der Waals surface area contributed by atoms with Crippen LogP contribution in [0.15, 0.2) is 41.4 Å². The Morgan fingerprint density at radius 2 is 1.92 bits per heavy atom. The Bertz CT molecular complexity index is 688. The summed E-state index contributed by atoms with van der Waals surface area (Å²) in [6.45, 7) is 3.22. The lowest BCUT2D eigenvalue weighted by atomic mass is 10.2. The Balaban J connectivity index is 1.60. The number of benzene rings is 1. The Kier molecular flexibility index (Phi) is 5.81. The zero-order chi connectivity index (χ0) is 17.8. The monoisotopic (exact) mass is 357 g/mol. The average Bonchev–Trinajstić information content (AvgIpc) is 3.10. The zero-order valence-corrected chi connectivity index (χ0v) is 16.3. The van der Waals surface area contributed by atoms with Crippen molar-refractivity contribution in [3.05, 3.63) is 42.1 Å². The van der Waals surface area contributed by atoms with E-state index in [2.05, 4.69) is 57.3 Å². The van der Waals surface area contributed by atoms with Gasteiger partial charge in [-0.3, -0.25) is 4.90 Å². The Labute approximate surface area is 155 Å². The highest BCUT2D eigenvalue weighted by molar-refractivity contribution is 7.98. The SMILES string of the molecule is CSc1ccc(CN2CCC(N(C)c3ccnc(N(C)C)n3)C2)cc1. The molecule has 0 aliphatic carbocycles. The molecule has 5 nitrogen and oxygen atoms in total. The summed E-state index contributed by atoms with van der Waals surface area (Å²) in [5.41, 5.74) is 1.39. The molecule has 0 radical (unpaired) electrons. The number of aromatic nitrogens is 2. The maximum atomic E-state index is 4.66. The molecule has 2 aromatic rings. The van der Waals surface area contributed by atoms with E-state index in [0.29, 0.717) is 6.04 Å². The van der Waals surface area contributed by atoms with Gasteiger partial charge in [-0.25, -0.2) is 4.98 Å². The van der Waals surface area contributed by atoms with Crippen molar-refractivity contribution in [2.24, 2.45) is 0 Å². The molecule has 1 aliphatic rings. The molecule has 0 bridgehead atoms. The van der Waals surface area contributed by atoms with E-state index < -0.39 is 0 Å². The molecule has 1 aromatic heterocycles. The van der Waals surface area contributed by atoms with Crippen molar-refractivity contribution in [3.8, 4) is 0 Å². The van der Waals surface area contributed by atoms with Crippen LogP contribution < -0.4 is 9.80 Å². The zero-order valence-electron chi connectivity index (χ0n) is 15.5. The Morgan fingerprint density at radius 3 is 2.60 bits per heavy atom. The van der Waals surface area contributed by atoms with E-state index in [4.69, 9.17) is 0 Å². The molecule has 0 amide bonds. The topological polar surface area (TPSA) is 35.5 Å². The van der Waals surface area contributed by atoms with Gasteiger partial charge in [0.05, 0.1) is 0 Å². The van der Waals surface area contributed by atoms with Crippen LogP contribution in [0.2, 0.25) is 0 Å². The lowest BCUT2D eigenvalue weighted by molar-refractivity contribution is 0.326. The van der Waals surface area contributed by atoms with E-state index in [9.17, 15) is 0 Å². The van der Waals surface area contributed by atoms with Gasteiger partial charge < -0.3 is 9.80 Å². The minimum absolute atomic E-state index is 0.496. The molecule has 3 rings (SSSR count). The van der Waals surface area contributed by atoms with Crippen LogP contribution in [0.5, 0.6) is 0 Å². The number of hydrogen-bond acceptors (Lipinski definition) is 6. The fourth-order valence-corrected chi connectivity index (χ4v) is 3.61. The fourth-order valence-electron chi connectivity index (χ4n) is 3.20. The van der Waals surface area contributed by atoms with Gasteiger partial charge in [0.15, 0.2) is 0 Å². The van der Waals surface area contributed by atoms with E-state index in [0.717, 1.165) is 31.4 Å². The Hall–Kier alpha value is -1.79. The second kappa shape index (κ2) is 8.06. The molecule has 25 heavy (non-hydrogen) atoms. The molecule has 1 atom stereocenters. The average molecular weight is 358 g/mol. The lowest BCUT2D eigenvalue weighted by Crippen LogP contribution is -2.35. The van der Waals surface area contributed by atoms with Gasteiger partial charge in [0.25, 0.3) is 0 Å². The third-order valence-corrected chi connectivity index (χ3v) is 5.49. The van der Waals surface area contributed by atoms with Crippen molar-refractivity contribution in [2.45, 2.75) is 23.9 Å². The molecule has 6 heteroatoms. The van der Waals surface area contributed by atoms with E-state index in [1.807, 2.05) is 31.3 Å². The van der Waals surface area contributed by atoms with E-state index in [-0.39, 0.29) is 0 Å². The summed E-state index contributed by atoms with van der Waals surface area (Å²) in [6, 6.07) is 11.4. The van der Waals surface area contributed by atoms with Crippen LogP contribution in [0.1, 0.15) is 12.0 Å². The van der Waals surface area contributed by atoms with Crippen LogP contribution in [0.4, 0.5) is 11.8 Å². The highest BCUT2D eigenvalue weighted by Crippen LogP contribution is 2.23. The molecule has 1 unspecified atom stereocenters. The first-order valence-corrected chi connectivity index (χ1v) is 9.88. The fraction of sp³-hybridized carbons (Fsp3) is 0.474. The highest BCUT2D eigenvalue weighted by Gasteiger charge is 2.26. The van der Waals surface area contributed by atoms with E-state index in [1.165, 1.54) is 16.9 Å². The van der Waals surface area contributed by atoms with Gasteiger partial charge in [-0.15, -0.1) is 11.8 Å². The highest BCUT2D eigenvalue weighted by atomic mass is 32.2. The van der Waals surface area contributed by atoms with E-state index in [1.54, 1.807) is 11.8 Å². The summed E-state index contributed by atoms with van der Waals surface area (Å²) in [7, 11) is 6.08. The lowest BCUT2D eigenvalue weighted by Gasteiger charge is -2.26. The first kappa shape index (κ1) is 18.0. The maximum Gasteiger partial charge on any atom is 0.226 e. The van der Waals surface area contributed by atoms with Gasteiger partial charge in [0.1, 0.15) is 5.82 Å². The van der Waals surface area contributed by atoms with Crippen LogP contribution in [0.25, 0.3) is 0 Å². The largest absolute Gasteiger partial charge is 0.355 e. The summed E-state index contributed by atoms with van der Waals surface area (Å²) in [4.78, 5) is 17.1. The summed E-state index contributed by atoms with van der Waals surface area (Å²) >= 11 is 1.79. The first-order chi connectivity index (χ1) is 12.1. The van der Waals surface area contributed by atoms with Gasteiger partial charge >= 0.3 is 0 Å². The molecule has 1 aliphatic heterocycles. The summed E-state index contributed by atoms with van der Waals surface area (Å²) < 4.78 is 0. The van der Waals surface area contributed by atoms with E-state index >= 15 is 0 Å². The van der Waals surface area contributed by atoms with Crippen molar-refractivity contribution in [1.29, 1.82) is 0 Å². The second-order valence-electron chi connectivity index (χ2n) is 6.75. The second-order valence-corrected chi connectivity index (χ2v) is 7.63. The summed E-state index contributed by atoms with van der Waals surface area (Å²) in [6.07, 6.45) is 5.12. The van der Waals surface area contributed by atoms with Gasteiger partial charge in [-0.1, -0.05) is 12.1 Å². The molecule has 134 valence electrons. The molecule has 0 N–H and O–H groups in total. The first-order valence-electron chi connectivity index (χ1n) is 8.65. The number of likely N-dealkylation sites (N-methyl/N-ethyl adjacent to an activating group) is 1. The molecule has 1 fully saturated rings. The van der Waals surface area contributed by atoms with Crippen LogP contribution in [-0.4, -0.2) is 61.4 Å². The van der Waals surface area contributed by atoms with Crippen molar-refractivity contribution < 1.29 is 0 Å². The molecule has 1 aromatic carbocycles. The number of nitrogens with zero attached hydrogens (tertiary/aromatic N) is 5. The molecule has 0 saturated carbocycles. The van der Waals surface area contributed by atoms with Crippen molar-refractivity contribution in [3.63, 3.8) is 0 Å². The normalized spacial score (nSPS) is 17.7. The van der Waals surface area contributed by atoms with Crippen LogP contribution in [0, 0.1) is 0 Å². The van der Waals surface area contributed by atoms with Crippen molar-refractivity contribution in [2.75, 3.05) is 50.3 Å². The quantitative estimate of drug-likeness (QED) is 0.740. The van der Waals surface area contributed by atoms with Crippen molar-refractivity contribution >= 4 is 23.5 Å². The van der Waals surface area contributed by atoms with Gasteiger partial charge in [0, 0.05) is 57.9 Å². The maximum absolute atomic E-state index is 4.66. The standard InChI is InChI=1S/C19H27N5S/c1-22(2)19-20-11-9-18(21-19)23(3)16-10-12-24(14-16)13-15-5-7-17(25-4)8-6-15/h5-9,11,16H,10,12-14H2,1-4H3. The summed E-state index contributed by atoms with van der Waals surface area (Å²) in [5, 5.41) is 0. The number of hydrogen-bond donors (Lipinski definition) is 0. The van der Waals surface area contributed by atoms with Gasteiger partial charge in [-0.2, -0.15) is 4.98 Å². The number of rotatable bonds is 6. The summed E-state index contributed by atoms with van der Waals surface area (Å²) in [5.74, 6) is 1.75. The number of anilines is 2. The third kappa shape index (κ3) is 4.44. The number of likely N-dealkylation sites (tertiary alicyclic amines) is 1. The van der Waals surface area contributed by atoms with Crippen molar-refractivity contribution in [1.82, 2.24) is 14.9 Å². The van der Waals surface area contributed by atoms with Gasteiger partial charge in [0.2, 0.25) is 5.95 Å². The molecule has 0 spiro atoms. The molecular formula is C19H27N5S. The minimum atomic E-state index is 0.496. The van der Waals surface area contributed by atoms with Gasteiger partial charge in [-0.05, 0) is 36.4 Å². The predicted octanol–water partition coefficient (Wildman–Crippen LogP) is 2.98. The molecule has 1 saturated heterocycles. The van der Waals surface area contributed by atoms with Crippen LogP contribution in [-0.2, 0) is 6.54 Å². The predicted molar refractivity (Wildman–Crippen MR) is 107 cm³/mol.